The van der Waals surface area contributed by atoms with Gasteiger partial charge in [-0.05, 0) is 15.9 Å². The van der Waals surface area contributed by atoms with E-state index in [9.17, 15) is 9.18 Å². The molecule has 0 bridgehead atoms. The highest BCUT2D eigenvalue weighted by Crippen LogP contribution is 2.12. The van der Waals surface area contributed by atoms with E-state index in [1.165, 1.54) is 12.4 Å². The molecule has 1 aromatic rings. The molecular formula is C9H11BrClFN4O. The number of amides is 1. The number of carbonyl (C=O) groups excluding carboxylic acids is 1. The first kappa shape index (κ1) is 14.3. The molecule has 2 rings (SSSR count). The Kier molecular flexibility index (Phi) is 5.23. The minimum absolute atomic E-state index is 0. The molecule has 1 aromatic heterocycles. The lowest BCUT2D eigenvalue weighted by molar-refractivity contribution is -0.117. The van der Waals surface area contributed by atoms with Crippen LogP contribution in [0.1, 0.15) is 6.42 Å². The third-order valence-corrected chi connectivity index (χ3v) is 2.67. The van der Waals surface area contributed by atoms with Crippen LogP contribution in [0.4, 0.5) is 10.2 Å². The van der Waals surface area contributed by atoms with Gasteiger partial charge in [0.25, 0.3) is 0 Å². The molecule has 1 saturated heterocycles. The van der Waals surface area contributed by atoms with Gasteiger partial charge in [-0.1, -0.05) is 0 Å². The monoisotopic (exact) mass is 324 g/mol. The molecule has 17 heavy (non-hydrogen) atoms. The van der Waals surface area contributed by atoms with Crippen LogP contribution in [-0.2, 0) is 4.79 Å². The Bertz CT molecular complexity index is 391. The first-order chi connectivity index (χ1) is 7.65. The van der Waals surface area contributed by atoms with Crippen LogP contribution in [0.3, 0.4) is 0 Å². The summed E-state index contributed by atoms with van der Waals surface area (Å²) in [5.41, 5.74) is 0. The molecule has 0 radical (unpaired) electrons. The molecular weight excluding hydrogens is 314 g/mol. The fraction of sp³-hybridized carbons (Fsp3) is 0.444. The molecule has 2 heterocycles. The molecule has 2 atom stereocenters. The van der Waals surface area contributed by atoms with Crippen molar-refractivity contribution in [2.45, 2.75) is 18.6 Å². The number of anilines is 1. The summed E-state index contributed by atoms with van der Waals surface area (Å²) in [6.07, 6.45) is 2.17. The van der Waals surface area contributed by atoms with E-state index < -0.39 is 12.2 Å². The molecule has 0 unspecified atom stereocenters. The van der Waals surface area contributed by atoms with Gasteiger partial charge in [0.2, 0.25) is 5.91 Å². The third kappa shape index (κ3) is 3.86. The molecule has 0 aromatic carbocycles. The Hall–Kier alpha value is -0.790. The van der Waals surface area contributed by atoms with Crippen LogP contribution in [0.15, 0.2) is 17.0 Å². The Morgan fingerprint density at radius 3 is 2.82 bits per heavy atom. The van der Waals surface area contributed by atoms with Crippen molar-refractivity contribution in [3.8, 4) is 0 Å². The van der Waals surface area contributed by atoms with E-state index in [1.54, 1.807) is 0 Å². The Balaban J connectivity index is 0.00000144. The van der Waals surface area contributed by atoms with Gasteiger partial charge in [0.1, 0.15) is 10.8 Å². The van der Waals surface area contributed by atoms with Gasteiger partial charge in [0, 0.05) is 13.0 Å². The van der Waals surface area contributed by atoms with Crippen LogP contribution in [-0.4, -0.2) is 34.6 Å². The molecule has 8 heteroatoms. The lowest BCUT2D eigenvalue weighted by atomic mass is 10.2. The minimum Gasteiger partial charge on any atom is -0.308 e. The van der Waals surface area contributed by atoms with Gasteiger partial charge >= 0.3 is 0 Å². The number of aromatic nitrogens is 2. The minimum atomic E-state index is -0.952. The lowest BCUT2D eigenvalue weighted by Crippen LogP contribution is -2.35. The molecule has 1 amide bonds. The highest BCUT2D eigenvalue weighted by Gasteiger charge is 2.29. The van der Waals surface area contributed by atoms with E-state index in [1.807, 2.05) is 0 Å². The Labute approximate surface area is 112 Å². The number of alkyl halides is 1. The predicted molar refractivity (Wildman–Crippen MR) is 66.9 cm³/mol. The average molecular weight is 326 g/mol. The van der Waals surface area contributed by atoms with Gasteiger partial charge in [0.05, 0.1) is 18.4 Å². The highest BCUT2D eigenvalue weighted by molar-refractivity contribution is 9.10. The number of nitrogens with one attached hydrogen (secondary N) is 2. The van der Waals surface area contributed by atoms with Gasteiger partial charge in [-0.25, -0.2) is 14.4 Å². The number of rotatable bonds is 2. The first-order valence-electron chi connectivity index (χ1n) is 4.81. The molecule has 1 fully saturated rings. The summed E-state index contributed by atoms with van der Waals surface area (Å²) in [6.45, 7) is 0.226. The molecule has 0 saturated carbocycles. The van der Waals surface area contributed by atoms with Gasteiger partial charge in [0.15, 0.2) is 5.82 Å². The molecule has 1 aliphatic rings. The van der Waals surface area contributed by atoms with Gasteiger partial charge in [-0.15, -0.1) is 12.4 Å². The predicted octanol–water partition coefficient (Wildman–Crippen LogP) is 1.30. The number of carbonyl (C=O) groups is 1. The summed E-state index contributed by atoms with van der Waals surface area (Å²) >= 11 is 3.14. The standard InChI is InChI=1S/C9H10BrFN4O.ClH/c10-7-3-14-8(4-13-7)15-9(16)6-1-5(11)2-12-6;/h3-6,12H,1-2H2,(H,14,15,16);1H/t5-,6+;/m0./s1. The van der Waals surface area contributed by atoms with Crippen LogP contribution < -0.4 is 10.6 Å². The fourth-order valence-corrected chi connectivity index (χ4v) is 1.69. The van der Waals surface area contributed by atoms with Crippen LogP contribution in [0.25, 0.3) is 0 Å². The zero-order valence-electron chi connectivity index (χ0n) is 8.69. The molecule has 2 N–H and O–H groups in total. The van der Waals surface area contributed by atoms with Crippen molar-refractivity contribution >= 4 is 40.1 Å². The van der Waals surface area contributed by atoms with E-state index in [2.05, 4.69) is 36.5 Å². The summed E-state index contributed by atoms with van der Waals surface area (Å²) in [5, 5.41) is 5.36. The van der Waals surface area contributed by atoms with E-state index in [4.69, 9.17) is 0 Å². The number of hydrogen-bond donors (Lipinski definition) is 2. The smallest absolute Gasteiger partial charge is 0.242 e. The average Bonchev–Trinajstić information content (AvgIpc) is 2.68. The fourth-order valence-electron chi connectivity index (χ4n) is 1.48. The second-order valence-corrected chi connectivity index (χ2v) is 4.32. The number of halogens is 3. The maximum Gasteiger partial charge on any atom is 0.242 e. The third-order valence-electron chi connectivity index (χ3n) is 2.27. The Morgan fingerprint density at radius 1 is 1.53 bits per heavy atom. The summed E-state index contributed by atoms with van der Waals surface area (Å²) in [7, 11) is 0. The van der Waals surface area contributed by atoms with Crippen molar-refractivity contribution in [3.63, 3.8) is 0 Å². The van der Waals surface area contributed by atoms with Crippen LogP contribution >= 0.6 is 28.3 Å². The zero-order valence-corrected chi connectivity index (χ0v) is 11.1. The van der Waals surface area contributed by atoms with E-state index in [-0.39, 0.29) is 31.3 Å². The molecule has 1 aliphatic heterocycles. The summed E-state index contributed by atoms with van der Waals surface area (Å²) in [5.74, 6) is 0.0779. The van der Waals surface area contributed by atoms with Gasteiger partial charge < -0.3 is 10.6 Å². The Morgan fingerprint density at radius 2 is 2.29 bits per heavy atom. The molecule has 94 valence electrons. The van der Waals surface area contributed by atoms with Gasteiger partial charge in [-0.2, -0.15) is 0 Å². The zero-order chi connectivity index (χ0) is 11.5. The van der Waals surface area contributed by atoms with E-state index >= 15 is 0 Å². The van der Waals surface area contributed by atoms with Crippen molar-refractivity contribution in [2.24, 2.45) is 0 Å². The summed E-state index contributed by atoms with van der Waals surface area (Å²) in [6, 6.07) is -0.486. The second-order valence-electron chi connectivity index (χ2n) is 3.51. The molecule has 0 spiro atoms. The van der Waals surface area contributed by atoms with Crippen LogP contribution in [0.2, 0.25) is 0 Å². The van der Waals surface area contributed by atoms with Crippen LogP contribution in [0, 0.1) is 0 Å². The number of nitrogens with zero attached hydrogens (tertiary/aromatic N) is 2. The molecule has 5 nitrogen and oxygen atoms in total. The van der Waals surface area contributed by atoms with Gasteiger partial charge in [-0.3, -0.25) is 4.79 Å². The van der Waals surface area contributed by atoms with Crippen molar-refractivity contribution in [1.29, 1.82) is 0 Å². The maximum absolute atomic E-state index is 12.8. The van der Waals surface area contributed by atoms with Crippen molar-refractivity contribution in [3.05, 3.63) is 17.0 Å². The van der Waals surface area contributed by atoms with Crippen molar-refractivity contribution in [1.82, 2.24) is 15.3 Å². The quantitative estimate of drug-likeness (QED) is 0.860. The topological polar surface area (TPSA) is 66.9 Å². The van der Waals surface area contributed by atoms with E-state index in [0.29, 0.717) is 10.4 Å². The second kappa shape index (κ2) is 6.23. The largest absolute Gasteiger partial charge is 0.308 e. The van der Waals surface area contributed by atoms with Crippen molar-refractivity contribution in [2.75, 3.05) is 11.9 Å². The van der Waals surface area contributed by atoms with Crippen LogP contribution in [0.5, 0.6) is 0 Å². The summed E-state index contributed by atoms with van der Waals surface area (Å²) < 4.78 is 13.4. The summed E-state index contributed by atoms with van der Waals surface area (Å²) in [4.78, 5) is 19.5. The number of hydrogen-bond acceptors (Lipinski definition) is 4. The highest BCUT2D eigenvalue weighted by atomic mass is 79.9. The normalized spacial score (nSPS) is 22.9. The lowest BCUT2D eigenvalue weighted by Gasteiger charge is -2.09. The maximum atomic E-state index is 12.8. The molecule has 0 aliphatic carbocycles. The van der Waals surface area contributed by atoms with Crippen molar-refractivity contribution < 1.29 is 9.18 Å². The van der Waals surface area contributed by atoms with E-state index in [0.717, 1.165) is 0 Å². The first-order valence-corrected chi connectivity index (χ1v) is 5.60. The SMILES string of the molecule is Cl.O=C(Nc1cnc(Br)cn1)[C@H]1C[C@H](F)CN1.